The zero-order chi connectivity index (χ0) is 30.4. The Bertz CT molecular complexity index is 1560. The lowest BCUT2D eigenvalue weighted by Gasteiger charge is -2.20. The highest BCUT2D eigenvalue weighted by Gasteiger charge is 2.22. The van der Waals surface area contributed by atoms with E-state index in [4.69, 9.17) is 9.72 Å². The predicted octanol–water partition coefficient (Wildman–Crippen LogP) is 8.61. The van der Waals surface area contributed by atoms with E-state index >= 15 is 0 Å². The van der Waals surface area contributed by atoms with Gasteiger partial charge in [0.15, 0.2) is 5.78 Å². The number of hydrogen-bond acceptors (Lipinski definition) is 5. The summed E-state index contributed by atoms with van der Waals surface area (Å²) in [7, 11) is 0. The molecule has 1 heterocycles. The zero-order valence-corrected chi connectivity index (χ0v) is 26.1. The number of nitrogens with one attached hydrogen (secondary N) is 1. The second kappa shape index (κ2) is 13.6. The highest BCUT2D eigenvalue weighted by Crippen LogP contribution is 2.28. The van der Waals surface area contributed by atoms with Crippen LogP contribution in [-0.2, 0) is 22.5 Å². The summed E-state index contributed by atoms with van der Waals surface area (Å²) in [6.07, 6.45) is 8.72. The van der Waals surface area contributed by atoms with Gasteiger partial charge >= 0.3 is 5.97 Å². The summed E-state index contributed by atoms with van der Waals surface area (Å²) in [6, 6.07) is 22.2. The Morgan fingerprint density at radius 3 is 2.44 bits per heavy atom. The predicted molar refractivity (Wildman–Crippen MR) is 175 cm³/mol. The molecule has 1 N–H and O–H groups in total. The van der Waals surface area contributed by atoms with Gasteiger partial charge < -0.3 is 14.6 Å². The molecule has 6 nitrogen and oxygen atoms in total. The van der Waals surface area contributed by atoms with E-state index in [2.05, 4.69) is 53.2 Å². The van der Waals surface area contributed by atoms with E-state index in [1.165, 1.54) is 19.3 Å². The summed E-state index contributed by atoms with van der Waals surface area (Å²) in [5, 5.41) is 3.40. The smallest absolute Gasteiger partial charge is 0.339 e. The van der Waals surface area contributed by atoms with Crippen LogP contribution in [-0.4, -0.2) is 33.4 Å². The maximum Gasteiger partial charge on any atom is 0.339 e. The first-order chi connectivity index (χ1) is 20.7. The fraction of sp³-hybridized carbons (Fsp3) is 0.432. The van der Waals surface area contributed by atoms with Crippen LogP contribution in [0, 0.1) is 5.92 Å². The summed E-state index contributed by atoms with van der Waals surface area (Å²) in [5.41, 5.74) is 5.99. The fourth-order valence-corrected chi connectivity index (χ4v) is 5.96. The van der Waals surface area contributed by atoms with Gasteiger partial charge in [-0.25, -0.2) is 9.78 Å². The minimum absolute atomic E-state index is 0.204. The van der Waals surface area contributed by atoms with Crippen molar-refractivity contribution in [1.29, 1.82) is 0 Å². The Balaban J connectivity index is 1.37. The molecule has 4 aromatic rings. The topological polar surface area (TPSA) is 73.2 Å². The van der Waals surface area contributed by atoms with E-state index in [9.17, 15) is 9.59 Å². The van der Waals surface area contributed by atoms with Crippen molar-refractivity contribution in [3.8, 4) is 11.1 Å². The minimum Gasteiger partial charge on any atom is -0.456 e. The molecule has 1 fully saturated rings. The first-order valence-electron chi connectivity index (χ1n) is 15.9. The number of aryl methyl sites for hydroxylation is 1. The third kappa shape index (κ3) is 7.73. The summed E-state index contributed by atoms with van der Waals surface area (Å²) in [4.78, 5) is 30.7. The number of unbranched alkanes of at least 4 members (excludes halogenated alkanes) is 1. The van der Waals surface area contributed by atoms with Crippen molar-refractivity contribution in [1.82, 2.24) is 9.55 Å². The second-order valence-corrected chi connectivity index (χ2v) is 12.8. The standard InChI is InChI=1S/C37H45N3O3/c1-5-6-16-35-39-32-22-21-29(38-24-34(41)28-12-8-7-9-13-28)23-33(32)40(35)25-26-17-19-27(20-18-26)30-14-10-11-15-31(30)36(42)43-37(2,3)4/h10-11,14-15,17-23,28,38H,5-9,12-13,16,24-25H2,1-4H3. The number of esters is 1. The van der Waals surface area contributed by atoms with Crippen LogP contribution in [0.1, 0.15) is 94.4 Å². The molecular weight excluding hydrogens is 534 g/mol. The lowest BCUT2D eigenvalue weighted by Crippen LogP contribution is -2.24. The van der Waals surface area contributed by atoms with Gasteiger partial charge in [0.25, 0.3) is 0 Å². The molecule has 0 atom stereocenters. The van der Waals surface area contributed by atoms with Gasteiger partial charge in [-0.15, -0.1) is 0 Å². The van der Waals surface area contributed by atoms with Crippen LogP contribution >= 0.6 is 0 Å². The van der Waals surface area contributed by atoms with Crippen molar-refractivity contribution in [2.75, 3.05) is 11.9 Å². The lowest BCUT2D eigenvalue weighted by atomic mass is 9.86. The van der Waals surface area contributed by atoms with Crippen LogP contribution in [0.15, 0.2) is 66.7 Å². The molecule has 43 heavy (non-hydrogen) atoms. The van der Waals surface area contributed by atoms with Crippen molar-refractivity contribution in [2.24, 2.45) is 5.92 Å². The highest BCUT2D eigenvalue weighted by atomic mass is 16.6. The molecule has 1 aromatic heterocycles. The van der Waals surface area contributed by atoms with Gasteiger partial charge in [0.2, 0.25) is 0 Å². The summed E-state index contributed by atoms with van der Waals surface area (Å²) < 4.78 is 7.97. The number of benzene rings is 3. The van der Waals surface area contributed by atoms with Gasteiger partial charge in [-0.2, -0.15) is 0 Å². The monoisotopic (exact) mass is 579 g/mol. The maximum absolute atomic E-state index is 12.9. The Labute approximate surface area is 255 Å². The number of rotatable bonds is 11. The summed E-state index contributed by atoms with van der Waals surface area (Å²) in [6.45, 7) is 8.91. The second-order valence-electron chi connectivity index (χ2n) is 12.8. The van der Waals surface area contributed by atoms with Crippen LogP contribution in [0.5, 0.6) is 0 Å². The Hall–Kier alpha value is -3.93. The number of hydrogen-bond donors (Lipinski definition) is 1. The third-order valence-corrected chi connectivity index (χ3v) is 8.26. The molecule has 0 spiro atoms. The summed E-state index contributed by atoms with van der Waals surface area (Å²) >= 11 is 0. The number of anilines is 1. The number of Topliss-reactive ketones (excluding diaryl/α,β-unsaturated/α-hetero) is 1. The fourth-order valence-electron chi connectivity index (χ4n) is 5.96. The zero-order valence-electron chi connectivity index (χ0n) is 26.1. The van der Waals surface area contributed by atoms with Crippen LogP contribution in [0.25, 0.3) is 22.2 Å². The molecule has 5 rings (SSSR count). The Kier molecular flexibility index (Phi) is 9.64. The number of ketones is 1. The number of carbonyl (C=O) groups excluding carboxylic acids is 2. The van der Waals surface area contributed by atoms with Gasteiger partial charge in [0.1, 0.15) is 11.4 Å². The molecule has 6 heteroatoms. The van der Waals surface area contributed by atoms with Gasteiger partial charge in [0, 0.05) is 24.6 Å². The minimum atomic E-state index is -0.558. The van der Waals surface area contributed by atoms with Crippen LogP contribution in [0.3, 0.4) is 0 Å². The lowest BCUT2D eigenvalue weighted by molar-refractivity contribution is -0.122. The van der Waals surface area contributed by atoms with E-state index in [1.54, 1.807) is 0 Å². The summed E-state index contributed by atoms with van der Waals surface area (Å²) in [5.74, 6) is 1.29. The average molecular weight is 580 g/mol. The molecule has 1 aliphatic rings. The number of carbonyl (C=O) groups is 2. The molecular formula is C37H45N3O3. The van der Waals surface area contributed by atoms with E-state index in [1.807, 2.05) is 51.1 Å². The van der Waals surface area contributed by atoms with E-state index in [0.29, 0.717) is 24.4 Å². The Morgan fingerprint density at radius 1 is 0.977 bits per heavy atom. The van der Waals surface area contributed by atoms with Crippen molar-refractivity contribution >= 4 is 28.5 Å². The quantitative estimate of drug-likeness (QED) is 0.180. The van der Waals surface area contributed by atoms with E-state index in [-0.39, 0.29) is 11.9 Å². The molecule has 0 saturated heterocycles. The van der Waals surface area contributed by atoms with Crippen LogP contribution in [0.4, 0.5) is 5.69 Å². The molecule has 226 valence electrons. The molecule has 0 radical (unpaired) electrons. The van der Waals surface area contributed by atoms with Gasteiger partial charge in [0.05, 0.1) is 23.1 Å². The molecule has 0 bridgehead atoms. The molecule has 0 aliphatic heterocycles. The number of imidazole rings is 1. The van der Waals surface area contributed by atoms with Crippen molar-refractivity contribution < 1.29 is 14.3 Å². The SMILES string of the molecule is CCCCc1nc2ccc(NCC(=O)C3CCCCC3)cc2n1Cc1ccc(-c2ccccc2C(=O)OC(C)(C)C)cc1. The first-order valence-corrected chi connectivity index (χ1v) is 15.9. The van der Waals surface area contributed by atoms with E-state index < -0.39 is 5.60 Å². The number of ether oxygens (including phenoxy) is 1. The average Bonchev–Trinajstić information content (AvgIpc) is 3.34. The van der Waals surface area contributed by atoms with Gasteiger partial charge in [-0.3, -0.25) is 4.79 Å². The van der Waals surface area contributed by atoms with Crippen LogP contribution in [0.2, 0.25) is 0 Å². The molecule has 0 unspecified atom stereocenters. The van der Waals surface area contributed by atoms with Gasteiger partial charge in [-0.1, -0.05) is 75.1 Å². The normalized spacial score (nSPS) is 14.1. The number of nitrogens with zero attached hydrogens (tertiary/aromatic N) is 2. The van der Waals surface area contributed by atoms with Crippen LogP contribution < -0.4 is 5.32 Å². The number of fused-ring (bicyclic) bond motifs is 1. The Morgan fingerprint density at radius 2 is 1.72 bits per heavy atom. The number of aromatic nitrogens is 2. The van der Waals surface area contributed by atoms with Crippen molar-refractivity contribution in [3.63, 3.8) is 0 Å². The highest BCUT2D eigenvalue weighted by molar-refractivity contribution is 5.97. The van der Waals surface area contributed by atoms with Crippen molar-refractivity contribution in [3.05, 3.63) is 83.7 Å². The first kappa shape index (κ1) is 30.5. The largest absolute Gasteiger partial charge is 0.456 e. The molecule has 1 saturated carbocycles. The van der Waals surface area contributed by atoms with Gasteiger partial charge in [-0.05, 0) is 81.0 Å². The third-order valence-electron chi connectivity index (χ3n) is 8.26. The van der Waals surface area contributed by atoms with E-state index in [0.717, 1.165) is 71.3 Å². The molecule has 1 aliphatic carbocycles. The molecule has 3 aromatic carbocycles. The van der Waals surface area contributed by atoms with Crippen molar-refractivity contribution in [2.45, 2.75) is 91.2 Å². The molecule has 0 amide bonds. The maximum atomic E-state index is 12.9.